The molecule has 0 fully saturated rings. The van der Waals surface area contributed by atoms with Gasteiger partial charge in [-0.05, 0) is 17.7 Å². The van der Waals surface area contributed by atoms with Gasteiger partial charge in [0, 0.05) is 35.6 Å². The van der Waals surface area contributed by atoms with Gasteiger partial charge in [0.25, 0.3) is 0 Å². The van der Waals surface area contributed by atoms with Crippen LogP contribution in [0.25, 0.3) is 0 Å². The minimum atomic E-state index is -1.15. The van der Waals surface area contributed by atoms with Crippen molar-refractivity contribution in [3.63, 3.8) is 0 Å². The van der Waals surface area contributed by atoms with E-state index in [1.165, 1.54) is 12.1 Å². The number of benzene rings is 1. The zero-order valence-electron chi connectivity index (χ0n) is 8.77. The number of fused-ring (bicyclic) bond motifs is 1. The van der Waals surface area contributed by atoms with Gasteiger partial charge in [0.15, 0.2) is 11.4 Å². The van der Waals surface area contributed by atoms with Gasteiger partial charge in [0.05, 0.1) is 0 Å². The number of aliphatic hydroxyl groups is 1. The maximum Gasteiger partial charge on any atom is 0.211 e. The van der Waals surface area contributed by atoms with E-state index in [1.54, 1.807) is 16.8 Å². The van der Waals surface area contributed by atoms with E-state index >= 15 is 0 Å². The number of rotatable bonds is 1. The molecule has 1 aliphatic rings. The highest BCUT2D eigenvalue weighted by Crippen LogP contribution is 2.37. The SMILES string of the molecule is O[C@@]1(c2ccc(F)cc2)CCn2nc(I)nc21. The molecule has 0 spiro atoms. The topological polar surface area (TPSA) is 50.9 Å². The molecule has 0 unspecified atom stereocenters. The Balaban J connectivity index is 2.11. The zero-order chi connectivity index (χ0) is 12.0. The van der Waals surface area contributed by atoms with Gasteiger partial charge in [0.1, 0.15) is 5.82 Å². The standard InChI is InChI=1S/C11H9FIN3O/c12-8-3-1-7(2-4-8)11(17)5-6-16-9(11)14-10(13)15-16/h1-4,17H,5-6H2/t11-/m1/s1. The first-order chi connectivity index (χ1) is 8.09. The molecule has 2 heterocycles. The molecule has 1 N–H and O–H groups in total. The maximum absolute atomic E-state index is 12.9. The molecule has 17 heavy (non-hydrogen) atoms. The van der Waals surface area contributed by atoms with Crippen molar-refractivity contribution in [1.82, 2.24) is 14.8 Å². The average Bonchev–Trinajstić information content (AvgIpc) is 2.81. The molecular weight excluding hydrogens is 336 g/mol. The summed E-state index contributed by atoms with van der Waals surface area (Å²) in [7, 11) is 0. The summed E-state index contributed by atoms with van der Waals surface area (Å²) in [4.78, 5) is 4.24. The number of nitrogens with zero attached hydrogens (tertiary/aromatic N) is 3. The van der Waals surface area contributed by atoms with Crippen molar-refractivity contribution in [3.8, 4) is 0 Å². The third-order valence-electron chi connectivity index (χ3n) is 3.02. The van der Waals surface area contributed by atoms with Crippen LogP contribution in [0.1, 0.15) is 17.8 Å². The Morgan fingerprint density at radius 2 is 2.06 bits per heavy atom. The molecule has 1 atom stereocenters. The molecule has 0 amide bonds. The van der Waals surface area contributed by atoms with Gasteiger partial charge < -0.3 is 5.11 Å². The van der Waals surface area contributed by atoms with Crippen LogP contribution in [0.5, 0.6) is 0 Å². The lowest BCUT2D eigenvalue weighted by Crippen LogP contribution is -2.25. The Kier molecular flexibility index (Phi) is 2.44. The molecular formula is C11H9FIN3O. The van der Waals surface area contributed by atoms with Gasteiger partial charge in [-0.1, -0.05) is 12.1 Å². The Labute approximate surface area is 111 Å². The minimum Gasteiger partial charge on any atom is -0.377 e. The van der Waals surface area contributed by atoms with Crippen LogP contribution in [0.3, 0.4) is 0 Å². The first-order valence-electron chi connectivity index (χ1n) is 5.19. The van der Waals surface area contributed by atoms with Crippen molar-refractivity contribution >= 4 is 22.6 Å². The van der Waals surface area contributed by atoms with Crippen molar-refractivity contribution in [1.29, 1.82) is 0 Å². The van der Waals surface area contributed by atoms with Crippen LogP contribution in [0, 0.1) is 9.65 Å². The van der Waals surface area contributed by atoms with Crippen LogP contribution in [-0.2, 0) is 12.1 Å². The summed E-state index contributed by atoms with van der Waals surface area (Å²) in [6.07, 6.45) is 0.519. The van der Waals surface area contributed by atoms with E-state index < -0.39 is 5.60 Å². The fraction of sp³-hybridized carbons (Fsp3) is 0.273. The van der Waals surface area contributed by atoms with E-state index in [-0.39, 0.29) is 5.82 Å². The average molecular weight is 345 g/mol. The first kappa shape index (κ1) is 11.1. The quantitative estimate of drug-likeness (QED) is 0.800. The second-order valence-electron chi connectivity index (χ2n) is 4.04. The molecule has 3 rings (SSSR count). The largest absolute Gasteiger partial charge is 0.377 e. The number of hydrogen-bond acceptors (Lipinski definition) is 3. The summed E-state index contributed by atoms with van der Waals surface area (Å²) < 4.78 is 15.2. The van der Waals surface area contributed by atoms with E-state index in [0.717, 1.165) is 0 Å². The summed E-state index contributed by atoms with van der Waals surface area (Å²) in [5.74, 6) is 0.222. The lowest BCUT2D eigenvalue weighted by atomic mass is 9.92. The number of aromatic nitrogens is 3. The Bertz CT molecular complexity index is 569. The zero-order valence-corrected chi connectivity index (χ0v) is 10.9. The normalized spacial score (nSPS) is 22.8. The molecule has 88 valence electrons. The monoisotopic (exact) mass is 345 g/mol. The second kappa shape index (κ2) is 3.74. The van der Waals surface area contributed by atoms with Crippen molar-refractivity contribution in [3.05, 3.63) is 45.3 Å². The highest BCUT2D eigenvalue weighted by Gasteiger charge is 2.41. The van der Waals surface area contributed by atoms with Crippen LogP contribution in [0.2, 0.25) is 0 Å². The van der Waals surface area contributed by atoms with Crippen molar-refractivity contribution in [2.75, 3.05) is 0 Å². The molecule has 4 nitrogen and oxygen atoms in total. The molecule has 0 saturated heterocycles. The number of hydrogen-bond donors (Lipinski definition) is 1. The molecule has 0 saturated carbocycles. The van der Waals surface area contributed by atoms with E-state index in [2.05, 4.69) is 10.1 Å². The van der Waals surface area contributed by atoms with Gasteiger partial charge >= 0.3 is 0 Å². The van der Waals surface area contributed by atoms with Gasteiger partial charge in [-0.2, -0.15) is 0 Å². The first-order valence-corrected chi connectivity index (χ1v) is 6.27. The predicted molar refractivity (Wildman–Crippen MR) is 66.8 cm³/mol. The molecule has 1 aliphatic heterocycles. The summed E-state index contributed by atoms with van der Waals surface area (Å²) in [6, 6.07) is 5.87. The van der Waals surface area contributed by atoms with E-state index in [1.807, 2.05) is 22.6 Å². The summed E-state index contributed by atoms with van der Waals surface area (Å²) in [5.41, 5.74) is -0.495. The molecule has 0 radical (unpaired) electrons. The van der Waals surface area contributed by atoms with Crippen LogP contribution in [-0.4, -0.2) is 19.9 Å². The van der Waals surface area contributed by atoms with Gasteiger partial charge in [-0.3, -0.25) is 0 Å². The molecule has 1 aromatic heterocycles. The van der Waals surface area contributed by atoms with Gasteiger partial charge in [0.2, 0.25) is 3.83 Å². The minimum absolute atomic E-state index is 0.314. The number of halogens is 2. The fourth-order valence-electron chi connectivity index (χ4n) is 2.15. The molecule has 0 bridgehead atoms. The van der Waals surface area contributed by atoms with E-state index in [0.29, 0.717) is 28.2 Å². The number of aryl methyl sites for hydroxylation is 1. The lowest BCUT2D eigenvalue weighted by molar-refractivity contribution is 0.0784. The predicted octanol–water partition coefficient (Wildman–Crippen LogP) is 1.66. The van der Waals surface area contributed by atoms with Gasteiger partial charge in [-0.25, -0.2) is 14.1 Å². The fourth-order valence-corrected chi connectivity index (χ4v) is 2.64. The van der Waals surface area contributed by atoms with E-state index in [4.69, 9.17) is 0 Å². The Morgan fingerprint density at radius 3 is 2.76 bits per heavy atom. The van der Waals surface area contributed by atoms with Crippen molar-refractivity contribution in [2.45, 2.75) is 18.6 Å². The highest BCUT2D eigenvalue weighted by atomic mass is 127. The Hall–Kier alpha value is -1.02. The van der Waals surface area contributed by atoms with Crippen LogP contribution >= 0.6 is 22.6 Å². The van der Waals surface area contributed by atoms with Crippen LogP contribution in [0.4, 0.5) is 4.39 Å². The van der Waals surface area contributed by atoms with Crippen molar-refractivity contribution < 1.29 is 9.50 Å². The Morgan fingerprint density at radius 1 is 1.35 bits per heavy atom. The third kappa shape index (κ3) is 1.66. The maximum atomic E-state index is 12.9. The second-order valence-corrected chi connectivity index (χ2v) is 5.01. The summed E-state index contributed by atoms with van der Waals surface area (Å²) in [6.45, 7) is 0.624. The van der Waals surface area contributed by atoms with Crippen molar-refractivity contribution in [2.24, 2.45) is 0 Å². The summed E-state index contributed by atoms with van der Waals surface area (Å²) >= 11 is 2.01. The van der Waals surface area contributed by atoms with Crippen LogP contribution in [0.15, 0.2) is 24.3 Å². The van der Waals surface area contributed by atoms with Gasteiger partial charge in [-0.15, -0.1) is 5.10 Å². The smallest absolute Gasteiger partial charge is 0.211 e. The summed E-state index contributed by atoms with van der Waals surface area (Å²) in [5, 5.41) is 14.9. The third-order valence-corrected chi connectivity index (χ3v) is 3.48. The lowest BCUT2D eigenvalue weighted by Gasteiger charge is -2.20. The highest BCUT2D eigenvalue weighted by molar-refractivity contribution is 14.1. The van der Waals surface area contributed by atoms with Crippen LogP contribution < -0.4 is 0 Å². The van der Waals surface area contributed by atoms with E-state index in [9.17, 15) is 9.50 Å². The molecule has 6 heteroatoms. The molecule has 1 aromatic carbocycles. The molecule has 0 aliphatic carbocycles. The molecule has 2 aromatic rings.